The third kappa shape index (κ3) is 9.15. The Hall–Kier alpha value is -0.430. The number of rotatable bonds is 6. The van der Waals surface area contributed by atoms with Crippen molar-refractivity contribution in [2.45, 2.75) is 18.7 Å². The Morgan fingerprint density at radius 1 is 1.21 bits per heavy atom. The normalized spacial score (nSPS) is 11.1. The zero-order valence-corrected chi connectivity index (χ0v) is 15.0. The van der Waals surface area contributed by atoms with Gasteiger partial charge in [-0.05, 0) is 18.1 Å². The lowest BCUT2D eigenvalue weighted by Gasteiger charge is -2.13. The number of thioether (sulfide) groups is 1. The second-order valence-corrected chi connectivity index (χ2v) is 5.60. The van der Waals surface area contributed by atoms with Crippen LogP contribution in [0.25, 0.3) is 0 Å². The topological polar surface area (TPSA) is 36.4 Å². The lowest BCUT2D eigenvalue weighted by Crippen LogP contribution is -2.40. The predicted molar refractivity (Wildman–Crippen MR) is 96.8 cm³/mol. The molecule has 0 aromatic heterocycles. The molecule has 0 fully saturated rings. The quantitative estimate of drug-likeness (QED) is 0.256. The molecule has 1 aromatic rings. The summed E-state index contributed by atoms with van der Waals surface area (Å²) in [5, 5.41) is 6.61. The Morgan fingerprint density at radius 3 is 2.47 bits per heavy atom. The summed E-state index contributed by atoms with van der Waals surface area (Å²) in [6, 6.07) is 10.4. The maximum Gasteiger partial charge on any atom is 0.191 e. The first-order chi connectivity index (χ1) is 8.72. The van der Waals surface area contributed by atoms with E-state index in [4.69, 9.17) is 0 Å². The highest BCUT2D eigenvalue weighted by Gasteiger charge is 1.98. The van der Waals surface area contributed by atoms with E-state index < -0.39 is 0 Å². The van der Waals surface area contributed by atoms with Crippen LogP contribution in [0, 0.1) is 5.92 Å². The molecule has 0 aliphatic heterocycles. The van der Waals surface area contributed by atoms with Crippen molar-refractivity contribution in [1.82, 2.24) is 10.6 Å². The molecule has 0 spiro atoms. The smallest absolute Gasteiger partial charge is 0.191 e. The summed E-state index contributed by atoms with van der Waals surface area (Å²) in [6.07, 6.45) is 0. The van der Waals surface area contributed by atoms with Crippen LogP contribution in [0.1, 0.15) is 13.8 Å². The average molecular weight is 393 g/mol. The summed E-state index contributed by atoms with van der Waals surface area (Å²) in [4.78, 5) is 5.50. The number of hydrogen-bond acceptors (Lipinski definition) is 2. The Morgan fingerprint density at radius 2 is 1.89 bits per heavy atom. The first kappa shape index (κ1) is 18.6. The van der Waals surface area contributed by atoms with Crippen LogP contribution in [-0.2, 0) is 0 Å². The SMILES string of the molecule is CN=C(NCCSc1ccccc1)NCC(C)C.I. The van der Waals surface area contributed by atoms with E-state index >= 15 is 0 Å². The number of nitrogens with one attached hydrogen (secondary N) is 2. The van der Waals surface area contributed by atoms with E-state index in [0.717, 1.165) is 24.8 Å². The van der Waals surface area contributed by atoms with E-state index in [1.54, 1.807) is 7.05 Å². The van der Waals surface area contributed by atoms with Gasteiger partial charge in [0.1, 0.15) is 0 Å². The fraction of sp³-hybridized carbons (Fsp3) is 0.500. The summed E-state index contributed by atoms with van der Waals surface area (Å²) in [5.74, 6) is 2.55. The molecule has 0 aliphatic carbocycles. The van der Waals surface area contributed by atoms with Crippen LogP contribution in [0.15, 0.2) is 40.2 Å². The minimum atomic E-state index is 0. The lowest BCUT2D eigenvalue weighted by molar-refractivity contribution is 0.616. The van der Waals surface area contributed by atoms with Gasteiger partial charge in [0.05, 0.1) is 0 Å². The third-order valence-electron chi connectivity index (χ3n) is 2.31. The van der Waals surface area contributed by atoms with Crippen molar-refractivity contribution in [2.24, 2.45) is 10.9 Å². The number of nitrogens with zero attached hydrogens (tertiary/aromatic N) is 1. The van der Waals surface area contributed by atoms with Crippen LogP contribution in [-0.4, -0.2) is 31.8 Å². The largest absolute Gasteiger partial charge is 0.356 e. The standard InChI is InChI=1S/C14H23N3S.HI/c1-12(2)11-17-14(15-3)16-9-10-18-13-7-5-4-6-8-13;/h4-8,12H,9-11H2,1-3H3,(H2,15,16,17);1H. The molecule has 0 aliphatic rings. The zero-order chi connectivity index (χ0) is 13.2. The molecule has 0 unspecified atom stereocenters. The van der Waals surface area contributed by atoms with Crippen LogP contribution >= 0.6 is 35.7 Å². The summed E-state index contributed by atoms with van der Waals surface area (Å²) < 4.78 is 0. The van der Waals surface area contributed by atoms with E-state index in [0.29, 0.717) is 5.92 Å². The number of aliphatic imine (C=N–C) groups is 1. The van der Waals surface area contributed by atoms with Crippen molar-refractivity contribution in [2.75, 3.05) is 25.9 Å². The van der Waals surface area contributed by atoms with Gasteiger partial charge in [-0.2, -0.15) is 0 Å². The highest BCUT2D eigenvalue weighted by Crippen LogP contribution is 2.15. The Labute approximate surface area is 138 Å². The fourth-order valence-corrected chi connectivity index (χ4v) is 2.17. The molecule has 0 amide bonds. The highest BCUT2D eigenvalue weighted by atomic mass is 127. The van der Waals surface area contributed by atoms with Crippen LogP contribution in [0.3, 0.4) is 0 Å². The molecule has 0 bridgehead atoms. The minimum Gasteiger partial charge on any atom is -0.356 e. The summed E-state index contributed by atoms with van der Waals surface area (Å²) in [7, 11) is 1.81. The van der Waals surface area contributed by atoms with Gasteiger partial charge in [0, 0.05) is 30.8 Å². The van der Waals surface area contributed by atoms with E-state index in [1.165, 1.54) is 4.90 Å². The van der Waals surface area contributed by atoms with Crippen LogP contribution in [0.2, 0.25) is 0 Å². The first-order valence-corrected chi connectivity index (χ1v) is 7.33. The molecule has 0 heterocycles. The number of halogens is 1. The third-order valence-corrected chi connectivity index (χ3v) is 3.32. The average Bonchev–Trinajstić information content (AvgIpc) is 2.39. The number of guanidine groups is 1. The van der Waals surface area contributed by atoms with Gasteiger partial charge in [-0.25, -0.2) is 0 Å². The summed E-state index contributed by atoms with van der Waals surface area (Å²) in [6.45, 7) is 6.24. The molecule has 1 rings (SSSR count). The maximum absolute atomic E-state index is 4.19. The van der Waals surface area contributed by atoms with Gasteiger partial charge in [-0.1, -0.05) is 32.0 Å². The van der Waals surface area contributed by atoms with Crippen LogP contribution in [0.4, 0.5) is 0 Å². The molecule has 5 heteroatoms. The van der Waals surface area contributed by atoms with Gasteiger partial charge in [-0.15, -0.1) is 35.7 Å². The molecule has 2 N–H and O–H groups in total. The van der Waals surface area contributed by atoms with Gasteiger partial charge in [-0.3, -0.25) is 4.99 Å². The minimum absolute atomic E-state index is 0. The van der Waals surface area contributed by atoms with Crippen molar-refractivity contribution in [3.8, 4) is 0 Å². The van der Waals surface area contributed by atoms with Crippen LogP contribution in [0.5, 0.6) is 0 Å². The molecule has 3 nitrogen and oxygen atoms in total. The molecule has 1 aromatic carbocycles. The molecule has 0 atom stereocenters. The maximum atomic E-state index is 4.19. The van der Waals surface area contributed by atoms with E-state index in [2.05, 4.69) is 53.7 Å². The van der Waals surface area contributed by atoms with Gasteiger partial charge < -0.3 is 10.6 Å². The fourth-order valence-electron chi connectivity index (χ4n) is 1.38. The van der Waals surface area contributed by atoms with Crippen molar-refractivity contribution in [3.05, 3.63) is 30.3 Å². The van der Waals surface area contributed by atoms with Crippen molar-refractivity contribution in [3.63, 3.8) is 0 Å². The lowest BCUT2D eigenvalue weighted by atomic mass is 10.2. The molecule has 0 saturated heterocycles. The molecule has 0 saturated carbocycles. The van der Waals surface area contributed by atoms with E-state index in [1.807, 2.05) is 17.8 Å². The summed E-state index contributed by atoms with van der Waals surface area (Å²) >= 11 is 1.85. The molecule has 0 radical (unpaired) electrons. The van der Waals surface area contributed by atoms with E-state index in [-0.39, 0.29) is 24.0 Å². The van der Waals surface area contributed by atoms with Gasteiger partial charge in [0.15, 0.2) is 5.96 Å². The molecule has 108 valence electrons. The molecular formula is C14H24IN3S. The number of benzene rings is 1. The highest BCUT2D eigenvalue weighted by molar-refractivity contribution is 14.0. The first-order valence-electron chi connectivity index (χ1n) is 6.34. The Balaban J connectivity index is 0.00000324. The van der Waals surface area contributed by atoms with Gasteiger partial charge >= 0.3 is 0 Å². The Bertz CT molecular complexity index is 355. The van der Waals surface area contributed by atoms with Crippen molar-refractivity contribution >= 4 is 41.7 Å². The molecular weight excluding hydrogens is 369 g/mol. The van der Waals surface area contributed by atoms with Gasteiger partial charge in [0.2, 0.25) is 0 Å². The second-order valence-electron chi connectivity index (χ2n) is 4.44. The second kappa shape index (κ2) is 11.4. The van der Waals surface area contributed by atoms with E-state index in [9.17, 15) is 0 Å². The van der Waals surface area contributed by atoms with Crippen molar-refractivity contribution < 1.29 is 0 Å². The summed E-state index contributed by atoms with van der Waals surface area (Å²) in [5.41, 5.74) is 0. The number of hydrogen-bond donors (Lipinski definition) is 2. The van der Waals surface area contributed by atoms with Crippen LogP contribution < -0.4 is 10.6 Å². The zero-order valence-electron chi connectivity index (χ0n) is 11.8. The Kier molecular flexibility index (Phi) is 11.1. The monoisotopic (exact) mass is 393 g/mol. The van der Waals surface area contributed by atoms with Gasteiger partial charge in [0.25, 0.3) is 0 Å². The predicted octanol–water partition coefficient (Wildman–Crippen LogP) is 3.22. The van der Waals surface area contributed by atoms with Crippen molar-refractivity contribution in [1.29, 1.82) is 0 Å². The molecule has 19 heavy (non-hydrogen) atoms.